The first-order valence-electron chi connectivity index (χ1n) is 5.55. The van der Waals surface area contributed by atoms with Crippen LogP contribution < -0.4 is 5.32 Å². The molecular formula is C14H7NO3. The average Bonchev–Trinajstić information content (AvgIpc) is 2.86. The number of furan rings is 1. The van der Waals surface area contributed by atoms with E-state index in [0.29, 0.717) is 16.8 Å². The molecule has 1 N–H and O–H groups in total. The fourth-order valence-electron chi connectivity index (χ4n) is 2.36. The number of nitrogens with one attached hydrogen (secondary N) is 1. The Kier molecular flexibility index (Phi) is 1.56. The van der Waals surface area contributed by atoms with E-state index in [1.807, 2.05) is 24.3 Å². The molecule has 0 saturated heterocycles. The van der Waals surface area contributed by atoms with Gasteiger partial charge in [0.2, 0.25) is 0 Å². The number of anilines is 1. The van der Waals surface area contributed by atoms with Crippen LogP contribution in [0.25, 0.3) is 21.9 Å². The van der Waals surface area contributed by atoms with Gasteiger partial charge in [-0.15, -0.1) is 0 Å². The molecule has 0 radical (unpaired) electrons. The second-order valence-electron chi connectivity index (χ2n) is 4.28. The fraction of sp³-hybridized carbons (Fsp3) is 0. The van der Waals surface area contributed by atoms with Crippen molar-refractivity contribution in [2.75, 3.05) is 5.32 Å². The highest BCUT2D eigenvalue weighted by molar-refractivity contribution is 6.52. The lowest BCUT2D eigenvalue weighted by atomic mass is 10.1. The molecule has 4 rings (SSSR count). The molecule has 4 nitrogen and oxygen atoms in total. The highest BCUT2D eigenvalue weighted by Gasteiger charge is 2.29. The molecule has 0 unspecified atom stereocenters. The number of Topliss-reactive ketones (excluding diaryl/α,β-unsaturated/α-hetero) is 1. The van der Waals surface area contributed by atoms with Gasteiger partial charge in [0.05, 0.1) is 11.3 Å². The van der Waals surface area contributed by atoms with Gasteiger partial charge in [-0.25, -0.2) is 0 Å². The lowest BCUT2D eigenvalue weighted by molar-refractivity contribution is -0.112. The third kappa shape index (κ3) is 1.04. The van der Waals surface area contributed by atoms with Gasteiger partial charge in [0.25, 0.3) is 11.7 Å². The highest BCUT2D eigenvalue weighted by atomic mass is 16.3. The number of rotatable bonds is 0. The van der Waals surface area contributed by atoms with Crippen molar-refractivity contribution in [3.05, 3.63) is 42.0 Å². The van der Waals surface area contributed by atoms with Gasteiger partial charge in [-0.2, -0.15) is 0 Å². The molecule has 1 amide bonds. The number of hydrogen-bond donors (Lipinski definition) is 1. The van der Waals surface area contributed by atoms with E-state index < -0.39 is 11.7 Å². The normalized spacial score (nSPS) is 14.2. The Labute approximate surface area is 101 Å². The Bertz CT molecular complexity index is 845. The maximum absolute atomic E-state index is 11.7. The lowest BCUT2D eigenvalue weighted by Crippen LogP contribution is -2.12. The lowest BCUT2D eigenvalue weighted by Gasteiger charge is -1.95. The number of carbonyl (C=O) groups is 2. The van der Waals surface area contributed by atoms with Gasteiger partial charge < -0.3 is 9.73 Å². The summed E-state index contributed by atoms with van der Waals surface area (Å²) < 4.78 is 5.69. The minimum absolute atomic E-state index is 0.416. The van der Waals surface area contributed by atoms with Gasteiger partial charge in [0.1, 0.15) is 11.2 Å². The van der Waals surface area contributed by atoms with Crippen molar-refractivity contribution < 1.29 is 14.0 Å². The first-order chi connectivity index (χ1) is 8.74. The molecule has 0 aliphatic carbocycles. The van der Waals surface area contributed by atoms with E-state index in [0.717, 1.165) is 16.4 Å². The molecule has 1 aliphatic heterocycles. The number of hydrogen-bond acceptors (Lipinski definition) is 3. The summed E-state index contributed by atoms with van der Waals surface area (Å²) in [6.45, 7) is 0. The molecule has 2 heterocycles. The average molecular weight is 237 g/mol. The van der Waals surface area contributed by atoms with E-state index in [1.165, 1.54) is 0 Å². The molecule has 0 spiro atoms. The van der Waals surface area contributed by atoms with Crippen LogP contribution in [-0.2, 0) is 4.79 Å². The van der Waals surface area contributed by atoms with Crippen LogP contribution in [0.5, 0.6) is 0 Å². The van der Waals surface area contributed by atoms with Crippen molar-refractivity contribution in [3.63, 3.8) is 0 Å². The van der Waals surface area contributed by atoms with Crippen LogP contribution in [0.3, 0.4) is 0 Å². The molecule has 4 heteroatoms. The Balaban J connectivity index is 2.15. The van der Waals surface area contributed by atoms with Crippen LogP contribution in [0.1, 0.15) is 10.4 Å². The molecule has 3 aromatic rings. The van der Waals surface area contributed by atoms with Crippen LogP contribution in [0.15, 0.2) is 40.8 Å². The zero-order valence-corrected chi connectivity index (χ0v) is 9.19. The number of fused-ring (bicyclic) bond motifs is 4. The molecule has 2 aromatic carbocycles. The van der Waals surface area contributed by atoms with Crippen LogP contribution in [0, 0.1) is 0 Å². The molecular weight excluding hydrogens is 230 g/mol. The predicted octanol–water partition coefficient (Wildman–Crippen LogP) is 2.72. The maximum atomic E-state index is 11.7. The summed E-state index contributed by atoms with van der Waals surface area (Å²) >= 11 is 0. The standard InChI is InChI=1S/C14H7NO3/c16-13-9-5-8-7-3-1-2-4-11(7)18-12(8)6-10(9)15-14(13)17/h1-6H,(H,15,16,17). The molecule has 86 valence electrons. The van der Waals surface area contributed by atoms with Gasteiger partial charge in [-0.3, -0.25) is 9.59 Å². The molecule has 0 atom stereocenters. The van der Waals surface area contributed by atoms with Gasteiger partial charge in [-0.05, 0) is 12.1 Å². The fourth-order valence-corrected chi connectivity index (χ4v) is 2.36. The summed E-state index contributed by atoms with van der Waals surface area (Å²) in [5, 5.41) is 4.34. The van der Waals surface area contributed by atoms with Crippen molar-refractivity contribution in [2.45, 2.75) is 0 Å². The van der Waals surface area contributed by atoms with Crippen LogP contribution >= 0.6 is 0 Å². The molecule has 18 heavy (non-hydrogen) atoms. The largest absolute Gasteiger partial charge is 0.456 e. The molecule has 1 aliphatic rings. The van der Waals surface area contributed by atoms with E-state index in [-0.39, 0.29) is 0 Å². The van der Waals surface area contributed by atoms with Gasteiger partial charge >= 0.3 is 0 Å². The predicted molar refractivity (Wildman–Crippen MR) is 66.7 cm³/mol. The van der Waals surface area contributed by atoms with E-state index >= 15 is 0 Å². The van der Waals surface area contributed by atoms with Crippen LogP contribution in [-0.4, -0.2) is 11.7 Å². The van der Waals surface area contributed by atoms with Crippen molar-refractivity contribution in [1.29, 1.82) is 0 Å². The third-order valence-corrected chi connectivity index (χ3v) is 3.22. The number of carbonyl (C=O) groups excluding carboxylic acids is 2. The van der Waals surface area contributed by atoms with Crippen molar-refractivity contribution in [3.8, 4) is 0 Å². The molecule has 0 fully saturated rings. The number of amides is 1. The number of para-hydroxylation sites is 1. The number of benzene rings is 2. The Hall–Kier alpha value is -2.62. The topological polar surface area (TPSA) is 59.3 Å². The molecule has 1 aromatic heterocycles. The first-order valence-corrected chi connectivity index (χ1v) is 5.55. The number of ketones is 1. The summed E-state index contributed by atoms with van der Waals surface area (Å²) in [4.78, 5) is 23.0. The molecule has 0 saturated carbocycles. The second-order valence-corrected chi connectivity index (χ2v) is 4.28. The van der Waals surface area contributed by atoms with Gasteiger partial charge in [-0.1, -0.05) is 18.2 Å². The first kappa shape index (κ1) is 9.41. The van der Waals surface area contributed by atoms with Crippen molar-refractivity contribution >= 4 is 39.3 Å². The Morgan fingerprint density at radius 3 is 2.67 bits per heavy atom. The van der Waals surface area contributed by atoms with E-state index in [2.05, 4.69) is 5.32 Å². The van der Waals surface area contributed by atoms with E-state index in [1.54, 1.807) is 12.1 Å². The minimum Gasteiger partial charge on any atom is -0.456 e. The minimum atomic E-state index is -0.582. The molecule has 0 bridgehead atoms. The van der Waals surface area contributed by atoms with Crippen LogP contribution in [0.2, 0.25) is 0 Å². The van der Waals surface area contributed by atoms with E-state index in [9.17, 15) is 9.59 Å². The zero-order chi connectivity index (χ0) is 12.3. The SMILES string of the molecule is O=C1Nc2cc3oc4ccccc4c3cc2C1=O. The summed E-state index contributed by atoms with van der Waals surface area (Å²) in [6.07, 6.45) is 0. The Morgan fingerprint density at radius 2 is 1.78 bits per heavy atom. The second kappa shape index (κ2) is 2.98. The third-order valence-electron chi connectivity index (χ3n) is 3.22. The Morgan fingerprint density at radius 1 is 0.944 bits per heavy atom. The van der Waals surface area contributed by atoms with E-state index in [4.69, 9.17) is 4.42 Å². The summed E-state index contributed by atoms with van der Waals surface area (Å²) in [5.41, 5.74) is 2.38. The monoisotopic (exact) mass is 237 g/mol. The highest BCUT2D eigenvalue weighted by Crippen LogP contribution is 2.34. The van der Waals surface area contributed by atoms with Crippen molar-refractivity contribution in [2.24, 2.45) is 0 Å². The summed E-state index contributed by atoms with van der Waals surface area (Å²) in [7, 11) is 0. The van der Waals surface area contributed by atoms with Crippen molar-refractivity contribution in [1.82, 2.24) is 0 Å². The zero-order valence-electron chi connectivity index (χ0n) is 9.19. The van der Waals surface area contributed by atoms with Gasteiger partial charge in [0, 0.05) is 16.8 Å². The van der Waals surface area contributed by atoms with Crippen LogP contribution in [0.4, 0.5) is 5.69 Å². The summed E-state index contributed by atoms with van der Waals surface area (Å²) in [6, 6.07) is 11.0. The van der Waals surface area contributed by atoms with Gasteiger partial charge in [0.15, 0.2) is 0 Å². The smallest absolute Gasteiger partial charge is 0.296 e. The summed E-state index contributed by atoms with van der Waals surface area (Å²) in [5.74, 6) is -1.07. The quantitative estimate of drug-likeness (QED) is 0.611. The maximum Gasteiger partial charge on any atom is 0.296 e.